The number of nitrogens with one attached hydrogen (secondary N) is 1. The molecule has 4 rings (SSSR count). The Kier molecular flexibility index (Phi) is 6.44. The Balaban J connectivity index is 1.48. The molecule has 158 valence electrons. The van der Waals surface area contributed by atoms with Crippen molar-refractivity contribution in [3.63, 3.8) is 0 Å². The molecule has 3 aromatic carbocycles. The van der Waals surface area contributed by atoms with Crippen LogP contribution >= 0.6 is 23.2 Å². The Labute approximate surface area is 191 Å². The van der Waals surface area contributed by atoms with E-state index >= 15 is 0 Å². The molecule has 1 heterocycles. The maximum atomic E-state index is 13.1. The lowest BCUT2D eigenvalue weighted by molar-refractivity contribution is 0.102. The highest BCUT2D eigenvalue weighted by Gasteiger charge is 2.27. The van der Waals surface area contributed by atoms with Gasteiger partial charge in [0.25, 0.3) is 5.91 Å². The van der Waals surface area contributed by atoms with Crippen LogP contribution in [0.1, 0.15) is 22.3 Å². The maximum absolute atomic E-state index is 13.1. The van der Waals surface area contributed by atoms with Gasteiger partial charge in [-0.3, -0.25) is 9.69 Å². The van der Waals surface area contributed by atoms with Crippen LogP contribution in [0.3, 0.4) is 0 Å². The molecule has 7 heteroatoms. The number of hydrogen-bond acceptors (Lipinski definition) is 2. The van der Waals surface area contributed by atoms with E-state index in [0.717, 1.165) is 17.7 Å². The lowest BCUT2D eigenvalue weighted by atomic mass is 10.1. The summed E-state index contributed by atoms with van der Waals surface area (Å²) in [7, 11) is 0. The first-order valence-corrected chi connectivity index (χ1v) is 10.7. The molecule has 0 saturated carbocycles. The van der Waals surface area contributed by atoms with Crippen molar-refractivity contribution in [2.24, 2.45) is 0 Å². The number of urea groups is 1. The van der Waals surface area contributed by atoms with Crippen molar-refractivity contribution in [3.8, 4) is 0 Å². The van der Waals surface area contributed by atoms with E-state index in [9.17, 15) is 9.59 Å². The Morgan fingerprint density at radius 3 is 2.48 bits per heavy atom. The van der Waals surface area contributed by atoms with Gasteiger partial charge in [-0.2, -0.15) is 0 Å². The first-order chi connectivity index (χ1) is 15.0. The van der Waals surface area contributed by atoms with Crippen LogP contribution in [0.5, 0.6) is 0 Å². The van der Waals surface area contributed by atoms with E-state index in [1.54, 1.807) is 34.1 Å². The highest BCUT2D eigenvalue weighted by molar-refractivity contribution is 6.42. The fourth-order valence-electron chi connectivity index (χ4n) is 3.57. The van der Waals surface area contributed by atoms with Gasteiger partial charge in [-0.25, -0.2) is 4.79 Å². The maximum Gasteiger partial charge on any atom is 0.324 e. The molecule has 1 N–H and O–H groups in total. The van der Waals surface area contributed by atoms with E-state index in [1.807, 2.05) is 48.5 Å². The summed E-state index contributed by atoms with van der Waals surface area (Å²) in [5.74, 6) is -0.191. The van der Waals surface area contributed by atoms with E-state index in [4.69, 9.17) is 23.2 Å². The third kappa shape index (κ3) is 5.01. The molecule has 0 aromatic heterocycles. The number of benzene rings is 3. The second-order valence-corrected chi connectivity index (χ2v) is 8.14. The van der Waals surface area contributed by atoms with Crippen LogP contribution < -0.4 is 10.2 Å². The lowest BCUT2D eigenvalue weighted by Gasteiger charge is -2.36. The molecule has 3 amide bonds. The normalized spacial score (nSPS) is 13.9. The molecule has 0 unspecified atom stereocenters. The highest BCUT2D eigenvalue weighted by atomic mass is 35.5. The van der Waals surface area contributed by atoms with Gasteiger partial charge in [-0.1, -0.05) is 53.5 Å². The fourth-order valence-corrected chi connectivity index (χ4v) is 3.89. The summed E-state index contributed by atoms with van der Waals surface area (Å²) < 4.78 is 0. The van der Waals surface area contributed by atoms with Crippen molar-refractivity contribution in [3.05, 3.63) is 94.0 Å². The Hall–Kier alpha value is -3.02. The number of hydrogen-bond donors (Lipinski definition) is 1. The number of halogens is 2. The van der Waals surface area contributed by atoms with Gasteiger partial charge < -0.3 is 10.2 Å². The van der Waals surface area contributed by atoms with Crippen molar-refractivity contribution in [1.29, 1.82) is 0 Å². The summed E-state index contributed by atoms with van der Waals surface area (Å²) in [6.45, 7) is 1.74. The smallest absolute Gasteiger partial charge is 0.322 e. The largest absolute Gasteiger partial charge is 0.324 e. The third-order valence-corrected chi connectivity index (χ3v) is 5.86. The average Bonchev–Trinajstić information content (AvgIpc) is 2.78. The Morgan fingerprint density at radius 2 is 1.71 bits per heavy atom. The molecule has 5 nitrogen and oxygen atoms in total. The van der Waals surface area contributed by atoms with E-state index in [1.165, 1.54) is 0 Å². The van der Waals surface area contributed by atoms with Gasteiger partial charge in [0.2, 0.25) is 0 Å². The molecular formula is C24H21Cl2N3O2. The zero-order valence-corrected chi connectivity index (χ0v) is 18.2. The SMILES string of the molecule is O=C(Nc1cccc(N2CCCN(Cc3ccc(Cl)c(Cl)c3)C2=O)c1)c1ccccc1. The van der Waals surface area contributed by atoms with Crippen molar-refractivity contribution in [1.82, 2.24) is 4.90 Å². The zero-order chi connectivity index (χ0) is 21.8. The van der Waals surface area contributed by atoms with E-state index < -0.39 is 0 Å². The van der Waals surface area contributed by atoms with Gasteiger partial charge in [-0.05, 0) is 54.4 Å². The third-order valence-electron chi connectivity index (χ3n) is 5.12. The van der Waals surface area contributed by atoms with E-state index in [0.29, 0.717) is 40.9 Å². The predicted molar refractivity (Wildman–Crippen MR) is 125 cm³/mol. The number of rotatable bonds is 5. The first-order valence-electron chi connectivity index (χ1n) is 9.98. The van der Waals surface area contributed by atoms with Gasteiger partial charge in [0.1, 0.15) is 0 Å². The van der Waals surface area contributed by atoms with Crippen LogP contribution in [0, 0.1) is 0 Å². The molecule has 1 aliphatic heterocycles. The standard InChI is InChI=1S/C24H21Cl2N3O2/c25-21-11-10-17(14-22(21)26)16-28-12-5-13-29(24(28)31)20-9-4-8-19(15-20)27-23(30)18-6-2-1-3-7-18/h1-4,6-11,14-15H,5,12-13,16H2,(H,27,30). The number of nitrogens with zero attached hydrogens (tertiary/aromatic N) is 2. The molecule has 1 fully saturated rings. The van der Waals surface area contributed by atoms with Crippen molar-refractivity contribution < 1.29 is 9.59 Å². The Bertz CT molecular complexity index is 1100. The minimum atomic E-state index is -0.191. The number of carbonyl (C=O) groups is 2. The van der Waals surface area contributed by atoms with Crippen LogP contribution in [0.25, 0.3) is 0 Å². The molecule has 0 atom stereocenters. The molecule has 1 saturated heterocycles. The summed E-state index contributed by atoms with van der Waals surface area (Å²) in [6.07, 6.45) is 0.841. The Morgan fingerprint density at radius 1 is 0.903 bits per heavy atom. The van der Waals surface area contributed by atoms with Crippen LogP contribution in [0.2, 0.25) is 10.0 Å². The molecule has 31 heavy (non-hydrogen) atoms. The van der Waals surface area contributed by atoms with Crippen LogP contribution in [0.15, 0.2) is 72.8 Å². The topological polar surface area (TPSA) is 52.7 Å². The van der Waals surface area contributed by atoms with Gasteiger partial charge in [-0.15, -0.1) is 0 Å². The second kappa shape index (κ2) is 9.41. The van der Waals surface area contributed by atoms with Gasteiger partial charge in [0.15, 0.2) is 0 Å². The molecular weight excluding hydrogens is 433 g/mol. The minimum absolute atomic E-state index is 0.0798. The quantitative estimate of drug-likeness (QED) is 0.508. The molecule has 0 bridgehead atoms. The molecule has 0 aliphatic carbocycles. The summed E-state index contributed by atoms with van der Waals surface area (Å²) in [5.41, 5.74) is 2.89. The van der Waals surface area contributed by atoms with Crippen molar-refractivity contribution in [2.75, 3.05) is 23.3 Å². The first kappa shape index (κ1) is 21.2. The summed E-state index contributed by atoms with van der Waals surface area (Å²) >= 11 is 12.1. The van der Waals surface area contributed by atoms with Gasteiger partial charge in [0, 0.05) is 36.6 Å². The molecule has 0 radical (unpaired) electrons. The zero-order valence-electron chi connectivity index (χ0n) is 16.7. The number of carbonyl (C=O) groups excluding carboxylic acids is 2. The summed E-state index contributed by atoms with van der Waals surface area (Å²) in [5, 5.41) is 3.86. The van der Waals surface area contributed by atoms with Crippen LogP contribution in [-0.4, -0.2) is 29.9 Å². The number of anilines is 2. The molecule has 0 spiro atoms. The van der Waals surface area contributed by atoms with E-state index in [-0.39, 0.29) is 11.9 Å². The average molecular weight is 454 g/mol. The predicted octanol–water partition coefficient (Wildman–Crippen LogP) is 6.08. The molecule has 1 aliphatic rings. The lowest BCUT2D eigenvalue weighted by Crippen LogP contribution is -2.49. The van der Waals surface area contributed by atoms with Crippen molar-refractivity contribution in [2.45, 2.75) is 13.0 Å². The second-order valence-electron chi connectivity index (χ2n) is 7.33. The monoisotopic (exact) mass is 453 g/mol. The summed E-state index contributed by atoms with van der Waals surface area (Å²) in [4.78, 5) is 29.1. The van der Waals surface area contributed by atoms with Gasteiger partial charge in [0.05, 0.1) is 10.0 Å². The fraction of sp³-hybridized carbons (Fsp3) is 0.167. The van der Waals surface area contributed by atoms with Crippen LogP contribution in [0.4, 0.5) is 16.2 Å². The summed E-state index contributed by atoms with van der Waals surface area (Å²) in [6, 6.07) is 21.7. The molecule has 3 aromatic rings. The van der Waals surface area contributed by atoms with Gasteiger partial charge >= 0.3 is 6.03 Å². The van der Waals surface area contributed by atoms with E-state index in [2.05, 4.69) is 5.32 Å². The highest BCUT2D eigenvalue weighted by Crippen LogP contribution is 2.27. The van der Waals surface area contributed by atoms with Crippen LogP contribution in [-0.2, 0) is 6.54 Å². The number of amides is 3. The van der Waals surface area contributed by atoms with Crippen molar-refractivity contribution >= 4 is 46.5 Å². The minimum Gasteiger partial charge on any atom is -0.322 e.